The topological polar surface area (TPSA) is 61.8 Å². The van der Waals surface area contributed by atoms with Crippen molar-refractivity contribution in [1.29, 1.82) is 0 Å². The first kappa shape index (κ1) is 20.0. The molecule has 7 heteroatoms. The lowest BCUT2D eigenvalue weighted by Gasteiger charge is -2.19. The number of carbonyl (C=O) groups is 1. The molecule has 0 aliphatic heterocycles. The minimum atomic E-state index is -4.15. The molecule has 0 amide bonds. The molecule has 3 rings (SSSR count). The number of halogens is 1. The van der Waals surface area contributed by atoms with Crippen LogP contribution in [0.2, 0.25) is 0 Å². The summed E-state index contributed by atoms with van der Waals surface area (Å²) in [5, 5.41) is 0. The number of carbonyl (C=O) groups excluding carboxylic acids is 1. The number of hydrogen-bond acceptors (Lipinski definition) is 5. The first-order chi connectivity index (χ1) is 13.6. The Labute approximate surface area is 162 Å². The van der Waals surface area contributed by atoms with Crippen LogP contribution in [0.15, 0.2) is 78.9 Å². The molecule has 0 heterocycles. The smallest absolute Gasteiger partial charge is 0.401 e. The molecule has 3 aromatic carbocycles. The third-order valence-corrected chi connectivity index (χ3v) is 5.08. The van der Waals surface area contributed by atoms with E-state index in [0.717, 1.165) is 17.2 Å². The van der Waals surface area contributed by atoms with Crippen LogP contribution < -0.4 is 4.52 Å². The molecule has 28 heavy (non-hydrogen) atoms. The van der Waals surface area contributed by atoms with Crippen molar-refractivity contribution in [1.82, 2.24) is 0 Å². The van der Waals surface area contributed by atoms with E-state index in [1.54, 1.807) is 24.3 Å². The maximum atomic E-state index is 14.2. The highest BCUT2D eigenvalue weighted by atomic mass is 31.2. The minimum Gasteiger partial charge on any atom is -0.401 e. The summed E-state index contributed by atoms with van der Waals surface area (Å²) >= 11 is 0. The van der Waals surface area contributed by atoms with Crippen LogP contribution in [0.1, 0.15) is 21.5 Å². The minimum absolute atomic E-state index is 0.0407. The number of rotatable bonds is 9. The molecule has 0 aliphatic rings. The van der Waals surface area contributed by atoms with Gasteiger partial charge >= 0.3 is 7.82 Å². The molecule has 3 aromatic rings. The van der Waals surface area contributed by atoms with E-state index in [9.17, 15) is 13.8 Å². The Kier molecular flexibility index (Phi) is 6.71. The van der Waals surface area contributed by atoms with Gasteiger partial charge in [0, 0.05) is 5.56 Å². The first-order valence-corrected chi connectivity index (χ1v) is 9.95. The van der Waals surface area contributed by atoms with Crippen molar-refractivity contribution >= 4 is 14.1 Å². The standard InChI is InChI=1S/C21H18FO5P/c22-20-13-19(14-23)11-12-21(20)27-28(24,25-15-17-7-3-1-4-8-17)26-16-18-9-5-2-6-10-18/h1-14H,15-16H2. The average Bonchev–Trinajstić information content (AvgIpc) is 2.74. The molecule has 0 fully saturated rings. The molecule has 0 bridgehead atoms. The fourth-order valence-corrected chi connectivity index (χ4v) is 3.51. The van der Waals surface area contributed by atoms with E-state index in [2.05, 4.69) is 0 Å². The fourth-order valence-electron chi connectivity index (χ4n) is 2.33. The van der Waals surface area contributed by atoms with E-state index in [1.807, 2.05) is 36.4 Å². The summed E-state index contributed by atoms with van der Waals surface area (Å²) in [5.74, 6) is -1.16. The summed E-state index contributed by atoms with van der Waals surface area (Å²) in [7, 11) is -4.15. The lowest BCUT2D eigenvalue weighted by molar-refractivity contribution is 0.112. The van der Waals surface area contributed by atoms with Crippen molar-refractivity contribution in [2.75, 3.05) is 0 Å². The highest BCUT2D eigenvalue weighted by Crippen LogP contribution is 2.51. The Morgan fingerprint density at radius 2 is 1.36 bits per heavy atom. The SMILES string of the molecule is O=Cc1ccc(OP(=O)(OCc2ccccc2)OCc2ccccc2)c(F)c1. The number of aldehydes is 1. The zero-order valence-corrected chi connectivity index (χ0v) is 15.8. The van der Waals surface area contributed by atoms with Gasteiger partial charge in [-0.2, -0.15) is 0 Å². The van der Waals surface area contributed by atoms with Gasteiger partial charge in [-0.3, -0.25) is 13.8 Å². The van der Waals surface area contributed by atoms with E-state index >= 15 is 0 Å². The Hall–Kier alpha value is -2.79. The lowest BCUT2D eigenvalue weighted by Crippen LogP contribution is -2.04. The van der Waals surface area contributed by atoms with Crippen molar-refractivity contribution in [3.05, 3.63) is 101 Å². The van der Waals surface area contributed by atoms with Crippen LogP contribution in [-0.4, -0.2) is 6.29 Å². The van der Waals surface area contributed by atoms with Gasteiger partial charge in [0.25, 0.3) is 0 Å². The summed E-state index contributed by atoms with van der Waals surface area (Å²) < 4.78 is 43.5. The molecule has 144 valence electrons. The Balaban J connectivity index is 1.78. The van der Waals surface area contributed by atoms with Crippen LogP contribution in [0.3, 0.4) is 0 Å². The Morgan fingerprint density at radius 1 is 0.821 bits per heavy atom. The maximum Gasteiger partial charge on any atom is 0.530 e. The van der Waals surface area contributed by atoms with Gasteiger partial charge in [0.15, 0.2) is 11.6 Å². The summed E-state index contributed by atoms with van der Waals surface area (Å²) in [6, 6.07) is 21.7. The second kappa shape index (κ2) is 9.42. The van der Waals surface area contributed by atoms with Gasteiger partial charge in [-0.15, -0.1) is 0 Å². The normalized spacial score (nSPS) is 11.2. The molecule has 0 saturated carbocycles. The Bertz CT molecular complexity index is 916. The predicted octanol–water partition coefficient (Wildman–Crippen LogP) is 5.56. The molecule has 0 N–H and O–H groups in total. The monoisotopic (exact) mass is 400 g/mol. The highest BCUT2D eigenvalue weighted by molar-refractivity contribution is 7.48. The van der Waals surface area contributed by atoms with E-state index in [-0.39, 0.29) is 24.5 Å². The molecule has 0 spiro atoms. The summed E-state index contributed by atoms with van der Waals surface area (Å²) in [5.41, 5.74) is 1.65. The van der Waals surface area contributed by atoms with E-state index < -0.39 is 13.6 Å². The van der Waals surface area contributed by atoms with Crippen LogP contribution in [0.5, 0.6) is 5.75 Å². The van der Waals surface area contributed by atoms with Crippen LogP contribution in [0, 0.1) is 5.82 Å². The van der Waals surface area contributed by atoms with Gasteiger partial charge in [-0.1, -0.05) is 60.7 Å². The van der Waals surface area contributed by atoms with Crippen LogP contribution in [0.25, 0.3) is 0 Å². The quantitative estimate of drug-likeness (QED) is 0.348. The number of phosphoric ester groups is 1. The Morgan fingerprint density at radius 3 is 1.82 bits per heavy atom. The molecular weight excluding hydrogens is 382 g/mol. The largest absolute Gasteiger partial charge is 0.530 e. The van der Waals surface area contributed by atoms with Gasteiger partial charge in [0.1, 0.15) is 6.29 Å². The van der Waals surface area contributed by atoms with Crippen molar-refractivity contribution < 1.29 is 27.3 Å². The van der Waals surface area contributed by atoms with Gasteiger partial charge in [-0.25, -0.2) is 8.96 Å². The van der Waals surface area contributed by atoms with Gasteiger partial charge in [-0.05, 0) is 29.3 Å². The van der Waals surface area contributed by atoms with Crippen molar-refractivity contribution in [3.8, 4) is 5.75 Å². The summed E-state index contributed by atoms with van der Waals surface area (Å²) in [6.07, 6.45) is 0.504. The van der Waals surface area contributed by atoms with Crippen molar-refractivity contribution in [3.63, 3.8) is 0 Å². The molecule has 5 nitrogen and oxygen atoms in total. The lowest BCUT2D eigenvalue weighted by atomic mass is 10.2. The van der Waals surface area contributed by atoms with E-state index in [1.165, 1.54) is 12.1 Å². The fraction of sp³-hybridized carbons (Fsp3) is 0.0952. The molecule has 0 saturated heterocycles. The zero-order valence-electron chi connectivity index (χ0n) is 14.9. The van der Waals surface area contributed by atoms with Gasteiger partial charge in [0.05, 0.1) is 13.2 Å². The second-order valence-corrected chi connectivity index (χ2v) is 7.46. The third kappa shape index (κ3) is 5.60. The number of hydrogen-bond donors (Lipinski definition) is 0. The zero-order chi connectivity index (χ0) is 19.8. The first-order valence-electron chi connectivity index (χ1n) is 8.49. The van der Waals surface area contributed by atoms with Crippen LogP contribution >= 0.6 is 7.82 Å². The summed E-state index contributed by atoms with van der Waals surface area (Å²) in [4.78, 5) is 10.8. The number of benzene rings is 3. The molecule has 0 atom stereocenters. The highest BCUT2D eigenvalue weighted by Gasteiger charge is 2.30. The molecule has 0 aliphatic carbocycles. The maximum absolute atomic E-state index is 14.2. The molecular formula is C21H18FO5P. The van der Waals surface area contributed by atoms with Gasteiger partial charge in [0.2, 0.25) is 0 Å². The predicted molar refractivity (Wildman–Crippen MR) is 102 cm³/mol. The van der Waals surface area contributed by atoms with Crippen LogP contribution in [0.4, 0.5) is 4.39 Å². The molecule has 0 unspecified atom stereocenters. The average molecular weight is 400 g/mol. The summed E-state index contributed by atoms with van der Waals surface area (Å²) in [6.45, 7) is -0.0815. The van der Waals surface area contributed by atoms with E-state index in [0.29, 0.717) is 6.29 Å². The molecule has 0 aromatic heterocycles. The van der Waals surface area contributed by atoms with E-state index in [4.69, 9.17) is 13.6 Å². The second-order valence-electron chi connectivity index (χ2n) is 5.86. The van der Waals surface area contributed by atoms with Crippen molar-refractivity contribution in [2.24, 2.45) is 0 Å². The number of phosphoric acid groups is 1. The third-order valence-electron chi connectivity index (χ3n) is 3.77. The van der Waals surface area contributed by atoms with Crippen LogP contribution in [-0.2, 0) is 26.8 Å². The van der Waals surface area contributed by atoms with Crippen molar-refractivity contribution in [2.45, 2.75) is 13.2 Å². The van der Waals surface area contributed by atoms with Gasteiger partial charge < -0.3 is 4.52 Å². The molecule has 0 radical (unpaired) electrons.